The van der Waals surface area contributed by atoms with Gasteiger partial charge in [0, 0.05) is 25.7 Å². The predicted molar refractivity (Wildman–Crippen MR) is 140 cm³/mol. The number of rotatable bonds is 10. The van der Waals surface area contributed by atoms with Crippen LogP contribution in [0.25, 0.3) is 5.65 Å². The number of esters is 1. The second-order valence-electron chi connectivity index (χ2n) is 11.1. The molecule has 4 heterocycles. The highest BCUT2D eigenvalue weighted by Gasteiger charge is 2.49. The van der Waals surface area contributed by atoms with Crippen LogP contribution in [-0.2, 0) is 27.3 Å². The van der Waals surface area contributed by atoms with Gasteiger partial charge >= 0.3 is 5.97 Å². The van der Waals surface area contributed by atoms with Gasteiger partial charge < -0.3 is 15.4 Å². The van der Waals surface area contributed by atoms with Crippen LogP contribution in [0.5, 0.6) is 0 Å². The molecule has 2 atom stereocenters. The molecule has 6 rings (SSSR count). The molecule has 1 aliphatic heterocycles. The number of imidazole rings is 1. The number of methoxy groups -OCH3 is 1. The third-order valence-corrected chi connectivity index (χ3v) is 8.52. The van der Waals surface area contributed by atoms with Crippen molar-refractivity contribution in [2.24, 2.45) is 23.2 Å². The first-order valence-electron chi connectivity index (χ1n) is 14.0. The van der Waals surface area contributed by atoms with Crippen molar-refractivity contribution >= 4 is 23.4 Å². The van der Waals surface area contributed by atoms with Gasteiger partial charge in [0.05, 0.1) is 30.7 Å². The fraction of sp³-hybridized carbons (Fsp3) is 0.571. The van der Waals surface area contributed by atoms with Crippen molar-refractivity contribution in [2.45, 2.75) is 64.5 Å². The van der Waals surface area contributed by atoms with Crippen molar-refractivity contribution in [2.75, 3.05) is 13.7 Å². The van der Waals surface area contributed by atoms with Gasteiger partial charge in [-0.1, -0.05) is 0 Å². The van der Waals surface area contributed by atoms with E-state index in [1.165, 1.54) is 32.8 Å². The Kier molecular flexibility index (Phi) is 6.60. The highest BCUT2D eigenvalue weighted by molar-refractivity contribution is 6.03. The van der Waals surface area contributed by atoms with Crippen LogP contribution in [0.15, 0.2) is 30.6 Å². The molecule has 3 aromatic rings. The van der Waals surface area contributed by atoms with Gasteiger partial charge in [-0.25, -0.2) is 9.50 Å². The van der Waals surface area contributed by atoms with Crippen LogP contribution in [0.2, 0.25) is 0 Å². The lowest BCUT2D eigenvalue weighted by molar-refractivity contribution is -0.161. The monoisotopic (exact) mass is 533 g/mol. The summed E-state index contributed by atoms with van der Waals surface area (Å²) >= 11 is 0. The molecule has 3 aliphatic rings. The average Bonchev–Trinajstić information content (AvgIpc) is 3.87. The van der Waals surface area contributed by atoms with E-state index in [0.29, 0.717) is 60.7 Å². The van der Waals surface area contributed by atoms with Crippen molar-refractivity contribution in [3.8, 4) is 0 Å². The summed E-state index contributed by atoms with van der Waals surface area (Å²) in [4.78, 5) is 43.9. The second kappa shape index (κ2) is 10.1. The lowest BCUT2D eigenvalue weighted by Crippen LogP contribution is -2.52. The Labute approximate surface area is 226 Å². The van der Waals surface area contributed by atoms with E-state index in [-0.39, 0.29) is 24.3 Å². The third-order valence-electron chi connectivity index (χ3n) is 8.52. The Morgan fingerprint density at radius 1 is 1.21 bits per heavy atom. The summed E-state index contributed by atoms with van der Waals surface area (Å²) in [6, 6.07) is 5.17. The molecule has 2 N–H and O–H groups in total. The molecule has 0 spiro atoms. The molecule has 3 fully saturated rings. The Morgan fingerprint density at radius 2 is 1.97 bits per heavy atom. The van der Waals surface area contributed by atoms with Crippen LogP contribution in [0, 0.1) is 23.2 Å². The van der Waals surface area contributed by atoms with Gasteiger partial charge in [-0.05, 0) is 81.4 Å². The van der Waals surface area contributed by atoms with E-state index < -0.39 is 11.4 Å². The molecule has 3 aromatic heterocycles. The van der Waals surface area contributed by atoms with E-state index in [1.54, 1.807) is 21.5 Å². The molecule has 1 saturated heterocycles. The smallest absolute Gasteiger partial charge is 0.321 e. The number of aromatic nitrogens is 5. The van der Waals surface area contributed by atoms with Crippen molar-refractivity contribution in [1.82, 2.24) is 35.0 Å². The second-order valence-corrected chi connectivity index (χ2v) is 11.1. The molecule has 206 valence electrons. The molecular weight excluding hydrogens is 498 g/mol. The van der Waals surface area contributed by atoms with Gasteiger partial charge in [0.15, 0.2) is 11.1 Å². The summed E-state index contributed by atoms with van der Waals surface area (Å²) in [5.74, 6) is 0.469. The number of fused-ring (bicyclic) bond motifs is 1. The number of amides is 2. The summed E-state index contributed by atoms with van der Waals surface area (Å²) in [5, 5.41) is 15.1. The number of ether oxygens (including phenoxy) is 1. The van der Waals surface area contributed by atoms with Gasteiger partial charge in [-0.3, -0.25) is 19.1 Å². The maximum atomic E-state index is 13.4. The number of hydrogen-bond donors (Lipinski definition) is 2. The molecule has 1 unspecified atom stereocenters. The fourth-order valence-corrected chi connectivity index (χ4v) is 6.25. The molecule has 2 saturated carbocycles. The fourth-order valence-electron chi connectivity index (χ4n) is 6.25. The lowest BCUT2D eigenvalue weighted by Gasteiger charge is -2.33. The third kappa shape index (κ3) is 4.79. The topological polar surface area (TPSA) is 133 Å². The normalized spacial score (nSPS) is 22.1. The van der Waals surface area contributed by atoms with Crippen LogP contribution in [0.1, 0.15) is 73.4 Å². The van der Waals surface area contributed by atoms with E-state index in [4.69, 9.17) is 14.8 Å². The summed E-state index contributed by atoms with van der Waals surface area (Å²) in [6.07, 6.45) is 9.47. The summed E-state index contributed by atoms with van der Waals surface area (Å²) in [6.45, 7) is 3.12. The van der Waals surface area contributed by atoms with E-state index >= 15 is 0 Å². The molecule has 0 radical (unpaired) electrons. The number of carbonyl (C=O) groups is 3. The standard InChI is InChI=1S/C28H35N7O4/c1-3-34-21(11-14-30-34)25(36)32-24(23(17-5-6-17)18-7-8-18)20-16-35-22(31-20)10-9-19(33-35)15-28(27(38)39-2)12-4-13-29-26(28)37/h9-11,14,16-18,23-24H,3-8,12-13,15H2,1-2H3,(H,29,37)(H,32,36)/t24-,28?/m1/s1. The highest BCUT2D eigenvalue weighted by Crippen LogP contribution is 2.54. The maximum absolute atomic E-state index is 13.4. The number of nitrogens with zero attached hydrogens (tertiary/aromatic N) is 5. The quantitative estimate of drug-likeness (QED) is 0.302. The Hall–Kier alpha value is -3.76. The molecule has 2 amide bonds. The average molecular weight is 534 g/mol. The van der Waals surface area contributed by atoms with Gasteiger partial charge in [0.1, 0.15) is 5.69 Å². The first kappa shape index (κ1) is 25.5. The van der Waals surface area contributed by atoms with Gasteiger partial charge in [0.2, 0.25) is 5.91 Å². The van der Waals surface area contributed by atoms with Gasteiger partial charge in [-0.15, -0.1) is 0 Å². The van der Waals surface area contributed by atoms with E-state index in [0.717, 1.165) is 5.69 Å². The zero-order chi connectivity index (χ0) is 27.1. The Balaban J connectivity index is 1.32. The van der Waals surface area contributed by atoms with Crippen LogP contribution in [-0.4, -0.2) is 55.8 Å². The zero-order valence-electron chi connectivity index (χ0n) is 22.4. The summed E-state index contributed by atoms with van der Waals surface area (Å²) in [7, 11) is 1.31. The van der Waals surface area contributed by atoms with Crippen molar-refractivity contribution in [3.05, 3.63) is 47.7 Å². The molecule has 11 nitrogen and oxygen atoms in total. The van der Waals surface area contributed by atoms with Crippen molar-refractivity contribution in [1.29, 1.82) is 0 Å². The first-order valence-corrected chi connectivity index (χ1v) is 14.0. The van der Waals surface area contributed by atoms with Crippen LogP contribution >= 0.6 is 0 Å². The largest absolute Gasteiger partial charge is 0.468 e. The van der Waals surface area contributed by atoms with Gasteiger partial charge in [0.25, 0.3) is 5.91 Å². The first-order chi connectivity index (χ1) is 18.9. The molecule has 0 bridgehead atoms. The van der Waals surface area contributed by atoms with E-state index in [1.807, 2.05) is 25.3 Å². The lowest BCUT2D eigenvalue weighted by atomic mass is 9.76. The molecule has 0 aromatic carbocycles. The summed E-state index contributed by atoms with van der Waals surface area (Å²) < 4.78 is 8.43. The number of piperidine rings is 1. The van der Waals surface area contributed by atoms with Crippen molar-refractivity contribution in [3.63, 3.8) is 0 Å². The minimum absolute atomic E-state index is 0.142. The van der Waals surface area contributed by atoms with Crippen LogP contribution < -0.4 is 10.6 Å². The molecule has 39 heavy (non-hydrogen) atoms. The minimum atomic E-state index is -1.29. The number of carbonyl (C=O) groups excluding carboxylic acids is 3. The molecule has 2 aliphatic carbocycles. The van der Waals surface area contributed by atoms with Crippen LogP contribution in [0.3, 0.4) is 0 Å². The Bertz CT molecular complexity index is 1380. The highest BCUT2D eigenvalue weighted by atomic mass is 16.5. The SMILES string of the molecule is CCn1nccc1C(=O)N[C@H](c1cn2nc(CC3(C(=O)OC)CCCNC3=O)ccc2n1)C(C1CC1)C1CC1. The summed E-state index contributed by atoms with van der Waals surface area (Å²) in [5.41, 5.74) is 1.27. The Morgan fingerprint density at radius 3 is 2.64 bits per heavy atom. The van der Waals surface area contributed by atoms with Crippen LogP contribution in [0.4, 0.5) is 0 Å². The van der Waals surface area contributed by atoms with E-state index in [9.17, 15) is 14.4 Å². The maximum Gasteiger partial charge on any atom is 0.321 e. The van der Waals surface area contributed by atoms with Gasteiger partial charge in [-0.2, -0.15) is 10.2 Å². The zero-order valence-corrected chi connectivity index (χ0v) is 22.4. The molecular formula is C28H35N7O4. The minimum Gasteiger partial charge on any atom is -0.468 e. The number of nitrogens with one attached hydrogen (secondary N) is 2. The number of aryl methyl sites for hydroxylation is 1. The van der Waals surface area contributed by atoms with Crippen molar-refractivity contribution < 1.29 is 19.1 Å². The van der Waals surface area contributed by atoms with E-state index in [2.05, 4.69) is 15.7 Å². The number of hydrogen-bond acceptors (Lipinski definition) is 7. The predicted octanol–water partition coefficient (Wildman–Crippen LogP) is 2.46. The molecule has 11 heteroatoms.